The summed E-state index contributed by atoms with van der Waals surface area (Å²) in [7, 11) is 0. The number of aromatic nitrogens is 3. The minimum atomic E-state index is -0.897. The minimum absolute atomic E-state index is 0.0278. The molecule has 1 aliphatic heterocycles. The van der Waals surface area contributed by atoms with E-state index in [1.807, 2.05) is 30.3 Å². The van der Waals surface area contributed by atoms with Crippen molar-refractivity contribution in [3.05, 3.63) is 76.5 Å². The second kappa shape index (κ2) is 11.8. The van der Waals surface area contributed by atoms with Gasteiger partial charge in [0.1, 0.15) is 11.3 Å². The Labute approximate surface area is 236 Å². The molecule has 3 heterocycles. The van der Waals surface area contributed by atoms with Crippen molar-refractivity contribution in [1.29, 1.82) is 5.26 Å². The van der Waals surface area contributed by atoms with Crippen LogP contribution in [0.5, 0.6) is 0 Å². The Morgan fingerprint density at radius 1 is 1.15 bits per heavy atom. The monoisotopic (exact) mass is 562 g/mol. The number of hydrogen-bond donors (Lipinski definition) is 1. The highest BCUT2D eigenvalue weighted by molar-refractivity contribution is 6.34. The van der Waals surface area contributed by atoms with Gasteiger partial charge in [-0.2, -0.15) is 10.4 Å². The molecule has 1 aliphatic rings. The summed E-state index contributed by atoms with van der Waals surface area (Å²) in [5, 5.41) is 16.7. The number of nitrogens with one attached hydrogen (secondary N) is 1. The summed E-state index contributed by atoms with van der Waals surface area (Å²) in [6.07, 6.45) is 2.92. The number of halogens is 2. The van der Waals surface area contributed by atoms with E-state index in [0.717, 1.165) is 5.56 Å². The third-order valence-electron chi connectivity index (χ3n) is 6.27. The van der Waals surface area contributed by atoms with Gasteiger partial charge in [-0.05, 0) is 51.8 Å². The molecule has 0 radical (unpaired) electrons. The molecule has 206 valence electrons. The van der Waals surface area contributed by atoms with E-state index in [4.69, 9.17) is 16.3 Å². The van der Waals surface area contributed by atoms with E-state index in [-0.39, 0.29) is 23.1 Å². The quantitative estimate of drug-likeness (QED) is 0.434. The molecule has 0 spiro atoms. The summed E-state index contributed by atoms with van der Waals surface area (Å²) < 4.78 is 21.6. The number of likely N-dealkylation sites (tertiary alicyclic amines) is 1. The van der Waals surface area contributed by atoms with Crippen LogP contribution < -0.4 is 5.32 Å². The Morgan fingerprint density at radius 2 is 1.82 bits per heavy atom. The van der Waals surface area contributed by atoms with Gasteiger partial charge in [0.15, 0.2) is 11.6 Å². The highest BCUT2D eigenvalue weighted by Crippen LogP contribution is 2.34. The van der Waals surface area contributed by atoms with Gasteiger partial charge in [0.25, 0.3) is 5.91 Å². The smallest absolute Gasteiger partial charge is 0.410 e. The van der Waals surface area contributed by atoms with Gasteiger partial charge < -0.3 is 15.0 Å². The second-order valence-electron chi connectivity index (χ2n) is 10.5. The molecular weight excluding hydrogens is 535 g/mol. The highest BCUT2D eigenvalue weighted by Gasteiger charge is 2.39. The van der Waals surface area contributed by atoms with E-state index < -0.39 is 28.8 Å². The van der Waals surface area contributed by atoms with Crippen LogP contribution in [0.1, 0.15) is 55.2 Å². The fourth-order valence-corrected chi connectivity index (χ4v) is 4.40. The molecule has 3 aromatic rings. The lowest BCUT2D eigenvalue weighted by molar-refractivity contribution is 0.0134. The van der Waals surface area contributed by atoms with Gasteiger partial charge in [0, 0.05) is 30.4 Å². The van der Waals surface area contributed by atoms with Crippen molar-refractivity contribution < 1.29 is 18.7 Å². The lowest BCUT2D eigenvalue weighted by Gasteiger charge is -2.37. The maximum absolute atomic E-state index is 14.8. The van der Waals surface area contributed by atoms with Crippen LogP contribution in [-0.2, 0) is 11.3 Å². The van der Waals surface area contributed by atoms with E-state index in [9.17, 15) is 19.2 Å². The van der Waals surface area contributed by atoms with Gasteiger partial charge in [-0.25, -0.2) is 14.2 Å². The van der Waals surface area contributed by atoms with Gasteiger partial charge in [-0.1, -0.05) is 41.6 Å². The van der Waals surface area contributed by atoms with Crippen LogP contribution in [0.2, 0.25) is 5.02 Å². The number of carbonyl (C=O) groups is 2. The zero-order chi connectivity index (χ0) is 28.9. The van der Waals surface area contributed by atoms with Crippen molar-refractivity contribution in [2.75, 3.05) is 18.4 Å². The molecule has 1 N–H and O–H groups in total. The molecule has 2 amide bonds. The summed E-state index contributed by atoms with van der Waals surface area (Å²) in [6, 6.07) is 12.8. The molecule has 40 heavy (non-hydrogen) atoms. The van der Waals surface area contributed by atoms with Crippen molar-refractivity contribution in [2.24, 2.45) is 5.41 Å². The Bertz CT molecular complexity index is 1510. The van der Waals surface area contributed by atoms with Gasteiger partial charge in [-0.3, -0.25) is 9.48 Å². The van der Waals surface area contributed by atoms with Crippen LogP contribution >= 0.6 is 11.6 Å². The fourth-order valence-electron chi connectivity index (χ4n) is 4.17. The van der Waals surface area contributed by atoms with Crippen molar-refractivity contribution in [3.63, 3.8) is 0 Å². The van der Waals surface area contributed by atoms with Crippen LogP contribution in [0.25, 0.3) is 0 Å². The fraction of sp³-hybridized carbons (Fsp3) is 0.345. The molecular formula is C29H28ClFN6O3. The number of piperidine rings is 1. The van der Waals surface area contributed by atoms with Crippen LogP contribution in [0.15, 0.2) is 48.8 Å². The molecule has 0 atom stereocenters. The third kappa shape index (κ3) is 6.96. The topological polar surface area (TPSA) is 113 Å². The van der Waals surface area contributed by atoms with Crippen LogP contribution in [-0.4, -0.2) is 50.4 Å². The van der Waals surface area contributed by atoms with Crippen LogP contribution in [0.3, 0.4) is 0 Å². The number of nitrogens with zero attached hydrogens (tertiary/aromatic N) is 5. The largest absolute Gasteiger partial charge is 0.444 e. The first-order chi connectivity index (χ1) is 19.0. The molecule has 1 saturated heterocycles. The molecule has 0 unspecified atom stereocenters. The summed E-state index contributed by atoms with van der Waals surface area (Å²) >= 11 is 6.27. The van der Waals surface area contributed by atoms with Crippen molar-refractivity contribution in [3.8, 4) is 17.9 Å². The summed E-state index contributed by atoms with van der Waals surface area (Å²) in [4.78, 5) is 31.1. The zero-order valence-electron chi connectivity index (χ0n) is 22.4. The molecule has 2 aromatic heterocycles. The van der Waals surface area contributed by atoms with Crippen molar-refractivity contribution in [2.45, 2.75) is 45.8 Å². The lowest BCUT2D eigenvalue weighted by Crippen LogP contribution is -2.46. The Balaban J connectivity index is 1.45. The predicted octanol–water partition coefficient (Wildman–Crippen LogP) is 5.26. The molecule has 9 nitrogen and oxygen atoms in total. The molecule has 0 bridgehead atoms. The number of carbonyl (C=O) groups excluding carboxylic acids is 2. The maximum atomic E-state index is 14.8. The SMILES string of the molecule is CC(C)(C)OC(=O)N1CCC(C#N)(Cn2ncc(Cl)c2C(=O)Nc2ncc(C#Cc3ccccc3)cc2F)CC1. The summed E-state index contributed by atoms with van der Waals surface area (Å²) in [5.41, 5.74) is -0.435. The van der Waals surface area contributed by atoms with Gasteiger partial charge in [0.2, 0.25) is 0 Å². The van der Waals surface area contributed by atoms with E-state index in [0.29, 0.717) is 31.5 Å². The molecule has 1 fully saturated rings. The van der Waals surface area contributed by atoms with E-state index in [2.05, 4.69) is 33.3 Å². The Kier molecular flexibility index (Phi) is 8.41. The first kappa shape index (κ1) is 28.6. The first-order valence-corrected chi connectivity index (χ1v) is 13.0. The molecule has 4 rings (SSSR count). The van der Waals surface area contributed by atoms with Crippen molar-refractivity contribution >= 4 is 29.4 Å². The standard InChI is InChI=1S/C29H28ClFN6O3/c1-28(2,3)40-27(39)36-13-11-29(18-32,12-14-36)19-37-24(22(30)17-34-37)26(38)35-25-23(31)15-21(16-33-25)10-9-20-7-5-4-6-8-20/h4-8,15-17H,11-14,19H2,1-3H3,(H,33,35,38). The average molecular weight is 563 g/mol. The molecule has 11 heteroatoms. The van der Waals surface area contributed by atoms with Crippen LogP contribution in [0.4, 0.5) is 15.0 Å². The number of nitriles is 1. The Morgan fingerprint density at radius 3 is 2.45 bits per heavy atom. The van der Waals surface area contributed by atoms with E-state index in [1.165, 1.54) is 23.1 Å². The number of anilines is 1. The summed E-state index contributed by atoms with van der Waals surface area (Å²) in [5.74, 6) is 3.98. The Hall–Kier alpha value is -4.41. The predicted molar refractivity (Wildman–Crippen MR) is 147 cm³/mol. The molecule has 0 saturated carbocycles. The number of pyridine rings is 1. The van der Waals surface area contributed by atoms with Gasteiger partial charge in [0.05, 0.1) is 29.2 Å². The third-order valence-corrected chi connectivity index (χ3v) is 6.55. The minimum Gasteiger partial charge on any atom is -0.444 e. The normalized spacial score (nSPS) is 14.4. The first-order valence-electron chi connectivity index (χ1n) is 12.6. The zero-order valence-corrected chi connectivity index (χ0v) is 23.1. The van der Waals surface area contributed by atoms with Gasteiger partial charge in [-0.15, -0.1) is 0 Å². The number of rotatable bonds is 4. The van der Waals surface area contributed by atoms with Crippen molar-refractivity contribution in [1.82, 2.24) is 19.7 Å². The van der Waals surface area contributed by atoms with Crippen LogP contribution in [0, 0.1) is 34.4 Å². The van der Waals surface area contributed by atoms with E-state index in [1.54, 1.807) is 25.7 Å². The highest BCUT2D eigenvalue weighted by atomic mass is 35.5. The summed E-state index contributed by atoms with van der Waals surface area (Å²) in [6.45, 7) is 6.06. The second-order valence-corrected chi connectivity index (χ2v) is 10.9. The number of hydrogen-bond acceptors (Lipinski definition) is 6. The number of amides is 2. The lowest BCUT2D eigenvalue weighted by atomic mass is 9.79. The maximum Gasteiger partial charge on any atom is 0.410 e. The molecule has 0 aliphatic carbocycles. The number of benzene rings is 1. The average Bonchev–Trinajstić information content (AvgIpc) is 3.28. The molecule has 1 aromatic carbocycles. The number of ether oxygens (including phenoxy) is 1. The van der Waals surface area contributed by atoms with Gasteiger partial charge >= 0.3 is 6.09 Å². The van der Waals surface area contributed by atoms with E-state index >= 15 is 0 Å².